The molecule has 1 heterocycles. The second-order valence-electron chi connectivity index (χ2n) is 13.5. The maximum absolute atomic E-state index is 14.8. The van der Waals surface area contributed by atoms with Crippen molar-refractivity contribution in [2.24, 2.45) is 11.7 Å². The number of carboxylic acid groups (broad SMARTS) is 1. The van der Waals surface area contributed by atoms with Crippen LogP contribution in [0.25, 0.3) is 10.8 Å². The van der Waals surface area contributed by atoms with Crippen molar-refractivity contribution < 1.29 is 24.3 Å². The van der Waals surface area contributed by atoms with Gasteiger partial charge in [0.25, 0.3) is 0 Å². The summed E-state index contributed by atoms with van der Waals surface area (Å²) in [4.78, 5) is 56.2. The predicted molar refractivity (Wildman–Crippen MR) is 201 cm³/mol. The molecule has 1 saturated heterocycles. The number of nitrogens with one attached hydrogen (secondary N) is 2. The second-order valence-corrected chi connectivity index (χ2v) is 13.5. The average Bonchev–Trinajstić information content (AvgIpc) is 3.18. The molecule has 5 aromatic rings. The van der Waals surface area contributed by atoms with Gasteiger partial charge in [-0.15, -0.1) is 0 Å². The van der Waals surface area contributed by atoms with E-state index in [2.05, 4.69) is 10.6 Å². The van der Waals surface area contributed by atoms with E-state index in [1.54, 1.807) is 4.90 Å². The van der Waals surface area contributed by atoms with Gasteiger partial charge < -0.3 is 26.4 Å². The molecule has 0 bridgehead atoms. The number of likely N-dealkylation sites (tertiary alicyclic amines) is 1. The highest BCUT2D eigenvalue weighted by Gasteiger charge is 2.37. The fourth-order valence-electron chi connectivity index (χ4n) is 7.05. The molecule has 0 aromatic heterocycles. The SMILES string of the molecule is N[C@@H](Cc1ccccc1)C(=O)N[C@@H](C(=O)N[C@H](Cc1ccc2ccccc2c1)C(=O)N1CCC(C(=O)O)CC1)C(c1ccccc1)c1ccccc1. The predicted octanol–water partition coefficient (Wildman–Crippen LogP) is 5.08. The van der Waals surface area contributed by atoms with Gasteiger partial charge in [-0.25, -0.2) is 0 Å². The number of rotatable bonds is 13. The van der Waals surface area contributed by atoms with E-state index in [4.69, 9.17) is 5.73 Å². The molecular weight excluding hydrogens is 652 g/mol. The number of carbonyl (C=O) groups is 4. The number of benzene rings is 5. The largest absolute Gasteiger partial charge is 0.481 e. The third kappa shape index (κ3) is 8.91. The lowest BCUT2D eigenvalue weighted by molar-refractivity contribution is -0.146. The lowest BCUT2D eigenvalue weighted by atomic mass is 9.84. The second kappa shape index (κ2) is 16.9. The Morgan fingerprint density at radius 3 is 1.81 bits per heavy atom. The number of nitrogens with two attached hydrogens (primary N) is 1. The molecule has 5 aromatic carbocycles. The molecule has 0 spiro atoms. The van der Waals surface area contributed by atoms with Crippen LogP contribution in [0.2, 0.25) is 0 Å². The van der Waals surface area contributed by atoms with Crippen molar-refractivity contribution in [3.63, 3.8) is 0 Å². The number of hydrogen-bond donors (Lipinski definition) is 4. The maximum atomic E-state index is 14.8. The summed E-state index contributed by atoms with van der Waals surface area (Å²) in [7, 11) is 0. The Bertz CT molecular complexity index is 1940. The van der Waals surface area contributed by atoms with Crippen LogP contribution in [0.5, 0.6) is 0 Å². The molecular formula is C43H44N4O5. The van der Waals surface area contributed by atoms with E-state index in [-0.39, 0.29) is 31.8 Å². The minimum absolute atomic E-state index is 0.198. The Balaban J connectivity index is 1.34. The fraction of sp³-hybridized carbons (Fsp3) is 0.256. The first-order valence-corrected chi connectivity index (χ1v) is 17.8. The molecule has 0 radical (unpaired) electrons. The van der Waals surface area contributed by atoms with E-state index in [1.807, 2.05) is 133 Å². The number of aliphatic carboxylic acids is 1. The van der Waals surface area contributed by atoms with Crippen LogP contribution in [-0.4, -0.2) is 64.9 Å². The summed E-state index contributed by atoms with van der Waals surface area (Å²) in [6.07, 6.45) is 1.14. The van der Waals surface area contributed by atoms with Gasteiger partial charge >= 0.3 is 5.97 Å². The van der Waals surface area contributed by atoms with Crippen molar-refractivity contribution >= 4 is 34.5 Å². The van der Waals surface area contributed by atoms with Gasteiger partial charge in [-0.1, -0.05) is 133 Å². The molecule has 266 valence electrons. The lowest BCUT2D eigenvalue weighted by Crippen LogP contribution is -2.59. The first kappa shape index (κ1) is 36.0. The fourth-order valence-corrected chi connectivity index (χ4v) is 7.05. The molecule has 0 aliphatic carbocycles. The van der Waals surface area contributed by atoms with Crippen molar-refractivity contribution in [1.82, 2.24) is 15.5 Å². The molecule has 3 atom stereocenters. The lowest BCUT2D eigenvalue weighted by Gasteiger charge is -2.34. The van der Waals surface area contributed by atoms with E-state index in [1.165, 1.54) is 0 Å². The van der Waals surface area contributed by atoms with Crippen molar-refractivity contribution in [2.75, 3.05) is 13.1 Å². The van der Waals surface area contributed by atoms with Gasteiger partial charge in [0.05, 0.1) is 12.0 Å². The van der Waals surface area contributed by atoms with E-state index in [0.717, 1.165) is 33.0 Å². The quantitative estimate of drug-likeness (QED) is 0.135. The minimum Gasteiger partial charge on any atom is -0.481 e. The molecule has 9 heteroatoms. The zero-order chi connectivity index (χ0) is 36.5. The highest BCUT2D eigenvalue weighted by molar-refractivity contribution is 5.94. The number of nitrogens with zero attached hydrogens (tertiary/aromatic N) is 1. The minimum atomic E-state index is -1.14. The van der Waals surface area contributed by atoms with E-state index >= 15 is 0 Å². The third-order valence-corrected chi connectivity index (χ3v) is 9.89. The van der Waals surface area contributed by atoms with E-state index in [9.17, 15) is 24.3 Å². The van der Waals surface area contributed by atoms with Crippen LogP contribution in [0.3, 0.4) is 0 Å². The molecule has 1 aliphatic rings. The number of hydrogen-bond acceptors (Lipinski definition) is 5. The van der Waals surface area contributed by atoms with Crippen LogP contribution in [-0.2, 0) is 32.0 Å². The van der Waals surface area contributed by atoms with Crippen LogP contribution < -0.4 is 16.4 Å². The monoisotopic (exact) mass is 696 g/mol. The van der Waals surface area contributed by atoms with Gasteiger partial charge in [0.15, 0.2) is 0 Å². The van der Waals surface area contributed by atoms with Crippen LogP contribution in [0.15, 0.2) is 133 Å². The van der Waals surface area contributed by atoms with Crippen molar-refractivity contribution in [1.29, 1.82) is 0 Å². The summed E-state index contributed by atoms with van der Waals surface area (Å²) < 4.78 is 0. The molecule has 6 rings (SSSR count). The highest BCUT2D eigenvalue weighted by Crippen LogP contribution is 2.29. The Labute approximate surface area is 303 Å². The Morgan fingerprint density at radius 2 is 1.21 bits per heavy atom. The van der Waals surface area contributed by atoms with Gasteiger partial charge in [0.2, 0.25) is 17.7 Å². The zero-order valence-electron chi connectivity index (χ0n) is 28.9. The molecule has 3 amide bonds. The summed E-state index contributed by atoms with van der Waals surface area (Å²) in [5, 5.41) is 17.7. The van der Waals surface area contributed by atoms with Crippen LogP contribution in [0, 0.1) is 5.92 Å². The average molecular weight is 697 g/mol. The summed E-state index contributed by atoms with van der Waals surface area (Å²) in [5.41, 5.74) is 9.81. The normalized spacial score (nSPS) is 15.1. The molecule has 1 fully saturated rings. The van der Waals surface area contributed by atoms with Crippen LogP contribution >= 0.6 is 0 Å². The summed E-state index contributed by atoms with van der Waals surface area (Å²) in [6, 6.07) is 39.3. The number of fused-ring (bicyclic) bond motifs is 1. The summed E-state index contributed by atoms with van der Waals surface area (Å²) >= 11 is 0. The number of carbonyl (C=O) groups excluding carboxylic acids is 3. The van der Waals surface area contributed by atoms with Gasteiger partial charge in [-0.2, -0.15) is 0 Å². The number of carboxylic acids is 1. The van der Waals surface area contributed by atoms with Crippen molar-refractivity contribution in [3.05, 3.63) is 156 Å². The van der Waals surface area contributed by atoms with Crippen LogP contribution in [0.1, 0.15) is 41.0 Å². The summed E-state index contributed by atoms with van der Waals surface area (Å²) in [6.45, 7) is 0.538. The molecule has 9 nitrogen and oxygen atoms in total. The smallest absolute Gasteiger partial charge is 0.306 e. The van der Waals surface area contributed by atoms with Gasteiger partial charge in [0, 0.05) is 25.4 Å². The first-order valence-electron chi connectivity index (χ1n) is 17.8. The van der Waals surface area contributed by atoms with E-state index < -0.39 is 47.7 Å². The number of piperidine rings is 1. The van der Waals surface area contributed by atoms with Crippen molar-refractivity contribution in [3.8, 4) is 0 Å². The zero-order valence-corrected chi connectivity index (χ0v) is 28.9. The molecule has 52 heavy (non-hydrogen) atoms. The summed E-state index contributed by atoms with van der Waals surface area (Å²) in [5.74, 6) is -3.32. The van der Waals surface area contributed by atoms with Crippen LogP contribution in [0.4, 0.5) is 0 Å². The Morgan fingerprint density at radius 1 is 0.654 bits per heavy atom. The van der Waals surface area contributed by atoms with Gasteiger partial charge in [-0.05, 0) is 52.3 Å². The standard InChI is InChI=1S/C43H44N4O5/c44-36(27-29-12-4-1-5-13-29)40(48)46-39(38(32-15-6-2-7-16-32)33-17-8-3-9-18-33)41(49)45-37(42(50)47-24-22-34(23-25-47)43(51)52)28-30-20-21-31-14-10-11-19-35(31)26-30/h1-21,26,34,36-39H,22-25,27-28,44H2,(H,45,49)(H,46,48)(H,51,52)/t36-,37+,39+/m0/s1. The highest BCUT2D eigenvalue weighted by atomic mass is 16.4. The number of amides is 3. The topological polar surface area (TPSA) is 142 Å². The van der Waals surface area contributed by atoms with Crippen molar-refractivity contribution in [2.45, 2.75) is 49.7 Å². The van der Waals surface area contributed by atoms with Gasteiger partial charge in [0.1, 0.15) is 12.1 Å². The third-order valence-electron chi connectivity index (χ3n) is 9.89. The molecule has 0 saturated carbocycles. The molecule has 1 aliphatic heterocycles. The van der Waals surface area contributed by atoms with E-state index in [0.29, 0.717) is 12.8 Å². The maximum Gasteiger partial charge on any atom is 0.306 e. The Kier molecular flexibility index (Phi) is 11.7. The molecule has 5 N–H and O–H groups in total. The van der Waals surface area contributed by atoms with Gasteiger partial charge in [-0.3, -0.25) is 19.2 Å². The first-order chi connectivity index (χ1) is 25.3. The molecule has 0 unspecified atom stereocenters. The Hall–Kier alpha value is -5.80.